The predicted octanol–water partition coefficient (Wildman–Crippen LogP) is 5.42. The van der Waals surface area contributed by atoms with Gasteiger partial charge in [0.05, 0.1) is 5.75 Å². The van der Waals surface area contributed by atoms with Crippen molar-refractivity contribution in [3.05, 3.63) is 64.1 Å². The van der Waals surface area contributed by atoms with Gasteiger partial charge in [0.15, 0.2) is 0 Å². The van der Waals surface area contributed by atoms with Crippen molar-refractivity contribution >= 4 is 46.8 Å². The van der Waals surface area contributed by atoms with Crippen molar-refractivity contribution in [3.8, 4) is 0 Å². The summed E-state index contributed by atoms with van der Waals surface area (Å²) >= 11 is 13.3. The second-order valence-corrected chi connectivity index (χ2v) is 8.53. The van der Waals surface area contributed by atoms with Gasteiger partial charge in [-0.3, -0.25) is 9.59 Å². The molecule has 0 fully saturated rings. The first-order chi connectivity index (χ1) is 13.9. The fraction of sp³-hybridized carbons (Fsp3) is 0.364. The van der Waals surface area contributed by atoms with Crippen LogP contribution in [0, 0.1) is 0 Å². The molecule has 0 heterocycles. The molecule has 0 aromatic heterocycles. The van der Waals surface area contributed by atoms with Crippen molar-refractivity contribution in [1.29, 1.82) is 0 Å². The number of carbonyl (C=O) groups excluding carboxylic acids is 2. The lowest BCUT2D eigenvalue weighted by Gasteiger charge is -2.30. The molecule has 0 aliphatic heterocycles. The summed E-state index contributed by atoms with van der Waals surface area (Å²) in [5, 5.41) is 4.21. The maximum Gasteiger partial charge on any atom is 0.242 e. The molecule has 0 spiro atoms. The first-order valence-corrected chi connectivity index (χ1v) is 11.4. The van der Waals surface area contributed by atoms with E-state index in [4.69, 9.17) is 23.2 Å². The van der Waals surface area contributed by atoms with Crippen LogP contribution in [-0.4, -0.2) is 35.1 Å². The monoisotopic (exact) mass is 452 g/mol. The van der Waals surface area contributed by atoms with Crippen molar-refractivity contribution < 1.29 is 9.59 Å². The summed E-state index contributed by atoms with van der Waals surface area (Å²) in [5.74, 6) is 0.0406. The number of halogens is 2. The third-order valence-corrected chi connectivity index (χ3v) is 5.88. The van der Waals surface area contributed by atoms with E-state index in [0.29, 0.717) is 29.6 Å². The van der Waals surface area contributed by atoms with Crippen LogP contribution in [0.2, 0.25) is 10.0 Å². The molecule has 0 unspecified atom stereocenters. The highest BCUT2D eigenvalue weighted by Gasteiger charge is 2.28. The Morgan fingerprint density at radius 2 is 1.59 bits per heavy atom. The lowest BCUT2D eigenvalue weighted by Crippen LogP contribution is -2.49. The van der Waals surface area contributed by atoms with Gasteiger partial charge in [-0.25, -0.2) is 0 Å². The fourth-order valence-electron chi connectivity index (χ4n) is 2.83. The van der Waals surface area contributed by atoms with Gasteiger partial charge < -0.3 is 10.2 Å². The minimum absolute atomic E-state index is 0.0848. The van der Waals surface area contributed by atoms with Crippen LogP contribution in [0.25, 0.3) is 0 Å². The first-order valence-electron chi connectivity index (χ1n) is 9.64. The molecule has 156 valence electrons. The average molecular weight is 453 g/mol. The molecule has 7 heteroatoms. The van der Waals surface area contributed by atoms with Gasteiger partial charge >= 0.3 is 0 Å². The molecule has 2 rings (SSSR count). The summed E-state index contributed by atoms with van der Waals surface area (Å²) in [5.41, 5.74) is 0.931. The molecule has 0 radical (unpaired) electrons. The highest BCUT2D eigenvalue weighted by Crippen LogP contribution is 2.22. The Bertz CT molecular complexity index is 797. The van der Waals surface area contributed by atoms with E-state index in [1.54, 1.807) is 29.2 Å². The van der Waals surface area contributed by atoms with Crippen LogP contribution in [0.1, 0.15) is 32.3 Å². The van der Waals surface area contributed by atoms with Gasteiger partial charge in [-0.15, -0.1) is 11.8 Å². The van der Waals surface area contributed by atoms with Gasteiger partial charge in [-0.2, -0.15) is 0 Å². The Balaban J connectivity index is 2.16. The molecular weight excluding hydrogens is 427 g/mol. The number of carbonyl (C=O) groups is 2. The molecular formula is C22H26Cl2N2O2S. The van der Waals surface area contributed by atoms with Crippen molar-refractivity contribution in [2.24, 2.45) is 0 Å². The summed E-state index contributed by atoms with van der Waals surface area (Å²) < 4.78 is 0. The van der Waals surface area contributed by atoms with Crippen LogP contribution in [0.15, 0.2) is 53.4 Å². The van der Waals surface area contributed by atoms with E-state index in [-0.39, 0.29) is 17.6 Å². The number of thioether (sulfide) groups is 1. The van der Waals surface area contributed by atoms with E-state index in [1.807, 2.05) is 38.1 Å². The van der Waals surface area contributed by atoms with Crippen LogP contribution in [0.5, 0.6) is 0 Å². The Hall–Kier alpha value is -1.69. The Labute approximate surface area is 187 Å². The number of nitrogens with one attached hydrogen (secondary N) is 1. The van der Waals surface area contributed by atoms with E-state index in [0.717, 1.165) is 16.9 Å². The van der Waals surface area contributed by atoms with E-state index < -0.39 is 6.04 Å². The molecule has 29 heavy (non-hydrogen) atoms. The number of hydrogen-bond donors (Lipinski definition) is 1. The van der Waals surface area contributed by atoms with E-state index in [2.05, 4.69) is 5.32 Å². The SMILES string of the molecule is CCCNC(=O)[C@H](CC)N(Cc1ccc(Cl)cc1)C(=O)CSc1ccc(Cl)cc1. The zero-order valence-corrected chi connectivity index (χ0v) is 19.0. The maximum absolute atomic E-state index is 13.1. The normalized spacial score (nSPS) is 11.7. The van der Waals surface area contributed by atoms with Crippen LogP contribution >= 0.6 is 35.0 Å². The summed E-state index contributed by atoms with van der Waals surface area (Å²) in [7, 11) is 0. The number of rotatable bonds is 10. The molecule has 0 aliphatic rings. The Morgan fingerprint density at radius 1 is 1.00 bits per heavy atom. The maximum atomic E-state index is 13.1. The summed E-state index contributed by atoms with van der Waals surface area (Å²) in [4.78, 5) is 28.4. The van der Waals surface area contributed by atoms with Gasteiger partial charge in [0.1, 0.15) is 6.04 Å². The lowest BCUT2D eigenvalue weighted by atomic mass is 10.1. The van der Waals surface area contributed by atoms with Crippen LogP contribution < -0.4 is 5.32 Å². The standard InChI is InChI=1S/C22H26Cl2N2O2S/c1-3-13-25-22(28)20(4-2)26(14-16-5-7-17(23)8-6-16)21(27)15-29-19-11-9-18(24)10-12-19/h5-12,20H,3-4,13-15H2,1-2H3,(H,25,28)/t20-/m0/s1. The second kappa shape index (κ2) is 12.1. The van der Waals surface area contributed by atoms with Crippen molar-refractivity contribution in [3.63, 3.8) is 0 Å². The number of nitrogens with zero attached hydrogens (tertiary/aromatic N) is 1. The van der Waals surface area contributed by atoms with Crippen LogP contribution in [0.3, 0.4) is 0 Å². The molecule has 0 aliphatic carbocycles. The fourth-order valence-corrected chi connectivity index (χ4v) is 3.87. The van der Waals surface area contributed by atoms with Crippen LogP contribution in [-0.2, 0) is 16.1 Å². The van der Waals surface area contributed by atoms with Gasteiger partial charge in [0, 0.05) is 28.0 Å². The molecule has 1 atom stereocenters. The molecule has 0 bridgehead atoms. The summed E-state index contributed by atoms with van der Waals surface area (Å²) in [6.45, 7) is 4.87. The van der Waals surface area contributed by atoms with Gasteiger partial charge in [-0.05, 0) is 54.8 Å². The Kier molecular flexibility index (Phi) is 9.85. The zero-order chi connectivity index (χ0) is 21.2. The number of amides is 2. The lowest BCUT2D eigenvalue weighted by molar-refractivity contribution is -0.139. The molecule has 0 saturated carbocycles. The smallest absolute Gasteiger partial charge is 0.242 e. The quantitative estimate of drug-likeness (QED) is 0.489. The minimum Gasteiger partial charge on any atom is -0.354 e. The number of hydrogen-bond acceptors (Lipinski definition) is 3. The topological polar surface area (TPSA) is 49.4 Å². The van der Waals surface area contributed by atoms with Gasteiger partial charge in [0.2, 0.25) is 11.8 Å². The predicted molar refractivity (Wildman–Crippen MR) is 122 cm³/mol. The highest BCUT2D eigenvalue weighted by molar-refractivity contribution is 8.00. The summed E-state index contributed by atoms with van der Waals surface area (Å²) in [6.07, 6.45) is 1.39. The van der Waals surface area contributed by atoms with Crippen molar-refractivity contribution in [2.75, 3.05) is 12.3 Å². The average Bonchev–Trinajstić information content (AvgIpc) is 2.72. The summed E-state index contributed by atoms with van der Waals surface area (Å²) in [6, 6.07) is 14.2. The first kappa shape index (κ1) is 23.6. The van der Waals surface area contributed by atoms with E-state index in [9.17, 15) is 9.59 Å². The second-order valence-electron chi connectivity index (χ2n) is 6.61. The molecule has 0 saturated heterocycles. The molecule has 2 aromatic carbocycles. The number of benzene rings is 2. The zero-order valence-electron chi connectivity index (χ0n) is 16.7. The third-order valence-electron chi connectivity index (χ3n) is 4.38. The van der Waals surface area contributed by atoms with Crippen molar-refractivity contribution in [2.45, 2.75) is 44.2 Å². The van der Waals surface area contributed by atoms with Gasteiger partial charge in [0.25, 0.3) is 0 Å². The third kappa shape index (κ3) is 7.57. The molecule has 2 amide bonds. The Morgan fingerprint density at radius 3 is 2.14 bits per heavy atom. The van der Waals surface area contributed by atoms with Crippen LogP contribution in [0.4, 0.5) is 0 Å². The largest absolute Gasteiger partial charge is 0.354 e. The van der Waals surface area contributed by atoms with E-state index >= 15 is 0 Å². The molecule has 2 aromatic rings. The van der Waals surface area contributed by atoms with Crippen molar-refractivity contribution in [1.82, 2.24) is 10.2 Å². The minimum atomic E-state index is -0.518. The van der Waals surface area contributed by atoms with Gasteiger partial charge in [-0.1, -0.05) is 49.2 Å². The van der Waals surface area contributed by atoms with E-state index in [1.165, 1.54) is 11.8 Å². The molecule has 1 N–H and O–H groups in total. The highest BCUT2D eigenvalue weighted by atomic mass is 35.5. The molecule has 4 nitrogen and oxygen atoms in total.